The molecule has 9 nitrogen and oxygen atoms in total. The molecule has 1 atom stereocenters. The second-order valence-corrected chi connectivity index (χ2v) is 11.4. The summed E-state index contributed by atoms with van der Waals surface area (Å²) in [6, 6.07) is 11.2. The molecule has 0 radical (unpaired) electrons. The van der Waals surface area contributed by atoms with Crippen LogP contribution in [0, 0.1) is 0 Å². The second kappa shape index (κ2) is 11.3. The first-order chi connectivity index (χ1) is 16.5. The molecule has 0 fully saturated rings. The van der Waals surface area contributed by atoms with Crippen LogP contribution in [-0.4, -0.2) is 63.2 Å². The van der Waals surface area contributed by atoms with E-state index in [0.717, 1.165) is 20.6 Å². The van der Waals surface area contributed by atoms with Crippen LogP contribution < -0.4 is 19.1 Å². The van der Waals surface area contributed by atoms with Crippen molar-refractivity contribution >= 4 is 43.5 Å². The molecule has 1 aliphatic heterocycles. The number of ether oxygens (including phenoxy) is 2. The molecule has 11 heteroatoms. The highest BCUT2D eigenvalue weighted by atomic mass is 79.9. The van der Waals surface area contributed by atoms with Crippen LogP contribution in [0.3, 0.4) is 0 Å². The molecule has 0 unspecified atom stereocenters. The van der Waals surface area contributed by atoms with Crippen molar-refractivity contribution in [1.82, 2.24) is 10.2 Å². The molecule has 2 amide bonds. The minimum atomic E-state index is -3.84. The number of rotatable bonds is 9. The second-order valence-electron chi connectivity index (χ2n) is 8.59. The van der Waals surface area contributed by atoms with Gasteiger partial charge in [0.05, 0.1) is 11.9 Å². The molecule has 0 saturated carbocycles. The molecular formula is C24H30BrN3O6S. The number of nitrogens with zero attached hydrogens (tertiary/aromatic N) is 2. The van der Waals surface area contributed by atoms with Crippen molar-refractivity contribution in [3.8, 4) is 11.5 Å². The monoisotopic (exact) mass is 567 g/mol. The Balaban J connectivity index is 1.92. The molecule has 0 bridgehead atoms. The number of fused-ring (bicyclic) bond motifs is 1. The number of halogens is 1. The molecule has 2 aromatic carbocycles. The predicted molar refractivity (Wildman–Crippen MR) is 137 cm³/mol. The molecule has 0 aliphatic carbocycles. The van der Waals surface area contributed by atoms with Crippen molar-refractivity contribution in [2.75, 3.05) is 30.3 Å². The highest BCUT2D eigenvalue weighted by Gasteiger charge is 2.31. The molecule has 2 aromatic rings. The van der Waals surface area contributed by atoms with Crippen molar-refractivity contribution in [3.63, 3.8) is 0 Å². The maximum absolute atomic E-state index is 13.6. The summed E-state index contributed by atoms with van der Waals surface area (Å²) in [5.74, 6) is 0.0748. The lowest BCUT2D eigenvalue weighted by Gasteiger charge is -2.32. The molecule has 35 heavy (non-hydrogen) atoms. The van der Waals surface area contributed by atoms with Crippen LogP contribution in [0.4, 0.5) is 5.69 Å². The number of hydrogen-bond acceptors (Lipinski definition) is 6. The van der Waals surface area contributed by atoms with Crippen molar-refractivity contribution in [2.45, 2.75) is 39.4 Å². The van der Waals surface area contributed by atoms with Crippen LogP contribution in [0.1, 0.15) is 26.3 Å². The highest BCUT2D eigenvalue weighted by molar-refractivity contribution is 9.10. The molecule has 3 rings (SSSR count). The average molecular weight is 568 g/mol. The third-order valence-corrected chi connectivity index (χ3v) is 6.97. The van der Waals surface area contributed by atoms with E-state index >= 15 is 0 Å². The minimum Gasteiger partial charge on any atom is -0.486 e. The van der Waals surface area contributed by atoms with Gasteiger partial charge in [-0.2, -0.15) is 0 Å². The van der Waals surface area contributed by atoms with Crippen LogP contribution in [0.25, 0.3) is 0 Å². The van der Waals surface area contributed by atoms with E-state index in [9.17, 15) is 18.0 Å². The van der Waals surface area contributed by atoms with E-state index in [-0.39, 0.29) is 24.2 Å². The van der Waals surface area contributed by atoms with E-state index < -0.39 is 28.5 Å². The molecule has 1 heterocycles. The van der Waals surface area contributed by atoms with Gasteiger partial charge in [-0.05, 0) is 50.6 Å². The van der Waals surface area contributed by atoms with Gasteiger partial charge < -0.3 is 19.7 Å². The SMILES string of the molecule is CC(C)NC(=O)[C@H](C)N(Cc1cccc(Br)c1)C(=O)CN(c1ccc2c(c1)OCCO2)S(C)(=O)=O. The van der Waals surface area contributed by atoms with Crippen LogP contribution in [0.2, 0.25) is 0 Å². The van der Waals surface area contributed by atoms with Gasteiger partial charge in [-0.15, -0.1) is 0 Å². The Morgan fingerprint density at radius 2 is 1.74 bits per heavy atom. The summed E-state index contributed by atoms with van der Waals surface area (Å²) in [6.45, 7) is 5.69. The van der Waals surface area contributed by atoms with Crippen molar-refractivity contribution < 1.29 is 27.5 Å². The fourth-order valence-electron chi connectivity index (χ4n) is 3.62. The molecule has 190 valence electrons. The Kier molecular flexibility index (Phi) is 8.65. The first-order valence-corrected chi connectivity index (χ1v) is 13.8. The van der Waals surface area contributed by atoms with E-state index in [1.807, 2.05) is 38.1 Å². The molecule has 1 N–H and O–H groups in total. The van der Waals surface area contributed by atoms with Crippen LogP contribution >= 0.6 is 15.9 Å². The maximum Gasteiger partial charge on any atom is 0.244 e. The summed E-state index contributed by atoms with van der Waals surface area (Å²) < 4.78 is 38.3. The Morgan fingerprint density at radius 1 is 1.06 bits per heavy atom. The van der Waals surface area contributed by atoms with E-state index in [4.69, 9.17) is 9.47 Å². The van der Waals surface area contributed by atoms with Gasteiger partial charge in [-0.3, -0.25) is 13.9 Å². The van der Waals surface area contributed by atoms with Crippen molar-refractivity contribution in [1.29, 1.82) is 0 Å². The van der Waals surface area contributed by atoms with Gasteiger partial charge in [0.15, 0.2) is 11.5 Å². The lowest BCUT2D eigenvalue weighted by atomic mass is 10.1. The normalized spacial score (nSPS) is 13.8. The molecule has 0 saturated heterocycles. The number of amides is 2. The predicted octanol–water partition coefficient (Wildman–Crippen LogP) is 2.93. The molecule has 1 aliphatic rings. The lowest BCUT2D eigenvalue weighted by molar-refractivity contribution is -0.139. The largest absolute Gasteiger partial charge is 0.486 e. The third-order valence-electron chi connectivity index (χ3n) is 5.33. The number of benzene rings is 2. The van der Waals surface area contributed by atoms with Gasteiger partial charge >= 0.3 is 0 Å². The number of carbonyl (C=O) groups excluding carboxylic acids is 2. The summed E-state index contributed by atoms with van der Waals surface area (Å²) in [7, 11) is -3.84. The van der Waals surface area contributed by atoms with Crippen molar-refractivity contribution in [2.24, 2.45) is 0 Å². The van der Waals surface area contributed by atoms with Gasteiger partial charge in [0, 0.05) is 23.1 Å². The maximum atomic E-state index is 13.6. The summed E-state index contributed by atoms with van der Waals surface area (Å²) in [5, 5.41) is 2.82. The summed E-state index contributed by atoms with van der Waals surface area (Å²) in [4.78, 5) is 27.7. The molecule has 0 spiro atoms. The molecule has 0 aromatic heterocycles. The Labute approximate surface area is 214 Å². The van der Waals surface area contributed by atoms with E-state index in [1.54, 1.807) is 19.1 Å². The van der Waals surface area contributed by atoms with Gasteiger partial charge in [0.2, 0.25) is 21.8 Å². The summed E-state index contributed by atoms with van der Waals surface area (Å²) in [6.07, 6.45) is 1.03. The number of sulfonamides is 1. The zero-order valence-corrected chi connectivity index (χ0v) is 22.6. The first-order valence-electron chi connectivity index (χ1n) is 11.2. The fourth-order valence-corrected chi connectivity index (χ4v) is 4.91. The standard InChI is InChI=1S/C24H30BrN3O6S/c1-16(2)26-24(30)17(3)27(14-18-6-5-7-19(25)12-18)23(29)15-28(35(4,31)32)20-8-9-21-22(13-20)34-11-10-33-21/h5-9,12-13,16-17H,10-11,14-15H2,1-4H3,(H,26,30)/t17-/m0/s1. The Morgan fingerprint density at radius 3 is 2.37 bits per heavy atom. The van der Waals surface area contributed by atoms with Gasteiger partial charge in [0.25, 0.3) is 0 Å². The minimum absolute atomic E-state index is 0.113. The van der Waals surface area contributed by atoms with E-state index in [0.29, 0.717) is 24.7 Å². The zero-order chi connectivity index (χ0) is 25.8. The smallest absolute Gasteiger partial charge is 0.244 e. The Bertz CT molecular complexity index is 1190. The fraction of sp³-hybridized carbons (Fsp3) is 0.417. The van der Waals surface area contributed by atoms with Gasteiger partial charge in [-0.1, -0.05) is 28.1 Å². The van der Waals surface area contributed by atoms with Crippen molar-refractivity contribution in [3.05, 3.63) is 52.5 Å². The number of carbonyl (C=O) groups is 2. The number of nitrogens with one attached hydrogen (secondary N) is 1. The van der Waals surface area contributed by atoms with Crippen LogP contribution in [-0.2, 0) is 26.2 Å². The summed E-state index contributed by atoms with van der Waals surface area (Å²) >= 11 is 3.42. The lowest BCUT2D eigenvalue weighted by Crippen LogP contribution is -2.52. The number of anilines is 1. The molecular weight excluding hydrogens is 538 g/mol. The van der Waals surface area contributed by atoms with E-state index in [1.165, 1.54) is 11.0 Å². The average Bonchev–Trinajstić information content (AvgIpc) is 2.79. The Hall–Kier alpha value is -2.79. The van der Waals surface area contributed by atoms with E-state index in [2.05, 4.69) is 21.2 Å². The quantitative estimate of drug-likeness (QED) is 0.499. The topological polar surface area (TPSA) is 105 Å². The van der Waals surface area contributed by atoms with Crippen LogP contribution in [0.15, 0.2) is 46.9 Å². The third kappa shape index (κ3) is 7.11. The highest BCUT2D eigenvalue weighted by Crippen LogP contribution is 2.34. The first kappa shape index (κ1) is 26.8. The van der Waals surface area contributed by atoms with Gasteiger partial charge in [-0.25, -0.2) is 8.42 Å². The van der Waals surface area contributed by atoms with Crippen LogP contribution in [0.5, 0.6) is 11.5 Å². The number of hydrogen-bond donors (Lipinski definition) is 1. The zero-order valence-electron chi connectivity index (χ0n) is 20.2. The summed E-state index contributed by atoms with van der Waals surface area (Å²) in [5.41, 5.74) is 1.06. The van der Waals surface area contributed by atoms with Gasteiger partial charge in [0.1, 0.15) is 25.8 Å².